The number of carbonyl (C=O) groups is 1. The Balaban J connectivity index is 2.00. The first kappa shape index (κ1) is 15.0. The molecule has 1 amide bonds. The maximum absolute atomic E-state index is 12.0. The van der Waals surface area contributed by atoms with Gasteiger partial charge in [-0.05, 0) is 25.1 Å². The van der Waals surface area contributed by atoms with Gasteiger partial charge in [-0.3, -0.25) is 4.79 Å². The lowest BCUT2D eigenvalue weighted by Crippen LogP contribution is -2.22. The van der Waals surface area contributed by atoms with Crippen LogP contribution in [-0.2, 0) is 4.79 Å². The van der Waals surface area contributed by atoms with Crippen LogP contribution in [0.2, 0.25) is 10.0 Å². The number of hydrogen-bond donors (Lipinski definition) is 3. The second-order valence-corrected chi connectivity index (χ2v) is 6.09. The van der Waals surface area contributed by atoms with Gasteiger partial charge in [0.1, 0.15) is 0 Å². The number of anilines is 2. The van der Waals surface area contributed by atoms with Crippen molar-refractivity contribution in [2.45, 2.75) is 17.3 Å². The van der Waals surface area contributed by atoms with Crippen molar-refractivity contribution in [1.82, 2.24) is 15.2 Å². The number of benzene rings is 1. The van der Waals surface area contributed by atoms with Crippen LogP contribution < -0.4 is 11.1 Å². The number of H-pyrrole nitrogens is 1. The van der Waals surface area contributed by atoms with E-state index in [2.05, 4.69) is 20.5 Å². The standard InChI is InChI=1S/C11H11Cl2N5OS/c1-5(20-11-16-10(14)17-18-11)9(19)15-8-3-6(12)2-7(13)4-8/h2-5H,1H3,(H,15,19)(H3,14,16,17,18)/t5-/m0/s1. The van der Waals surface area contributed by atoms with Crippen LogP contribution in [0.4, 0.5) is 11.6 Å². The Labute approximate surface area is 129 Å². The molecule has 0 aliphatic carbocycles. The number of amides is 1. The summed E-state index contributed by atoms with van der Waals surface area (Å²) in [6.45, 7) is 1.73. The molecule has 1 heterocycles. The summed E-state index contributed by atoms with van der Waals surface area (Å²) in [5.41, 5.74) is 5.95. The van der Waals surface area contributed by atoms with Crippen LogP contribution in [0.5, 0.6) is 0 Å². The number of aromatic nitrogens is 3. The number of nitrogens with two attached hydrogens (primary N) is 1. The van der Waals surface area contributed by atoms with E-state index in [4.69, 9.17) is 28.9 Å². The first-order valence-corrected chi connectivity index (χ1v) is 7.19. The minimum absolute atomic E-state index is 0.210. The molecule has 1 aromatic heterocycles. The largest absolute Gasteiger partial charge is 0.368 e. The van der Waals surface area contributed by atoms with E-state index in [9.17, 15) is 4.79 Å². The van der Waals surface area contributed by atoms with Crippen LogP contribution in [0.15, 0.2) is 23.4 Å². The smallest absolute Gasteiger partial charge is 0.237 e. The highest BCUT2D eigenvalue weighted by molar-refractivity contribution is 8.00. The summed E-state index contributed by atoms with van der Waals surface area (Å²) in [7, 11) is 0. The molecule has 0 radical (unpaired) electrons. The van der Waals surface area contributed by atoms with Crippen LogP contribution in [0.25, 0.3) is 0 Å². The Morgan fingerprint density at radius 1 is 1.40 bits per heavy atom. The highest BCUT2D eigenvalue weighted by atomic mass is 35.5. The van der Waals surface area contributed by atoms with Gasteiger partial charge in [0.2, 0.25) is 17.0 Å². The molecule has 0 bridgehead atoms. The number of carbonyl (C=O) groups excluding carboxylic acids is 1. The van der Waals surface area contributed by atoms with Gasteiger partial charge in [-0.1, -0.05) is 35.0 Å². The molecular formula is C11H11Cl2N5OS. The summed E-state index contributed by atoms with van der Waals surface area (Å²) in [4.78, 5) is 16.0. The van der Waals surface area contributed by atoms with E-state index in [-0.39, 0.29) is 11.9 Å². The first-order chi connectivity index (χ1) is 9.44. The second kappa shape index (κ2) is 6.34. The number of hydrogen-bond acceptors (Lipinski definition) is 5. The molecule has 0 spiro atoms. The van der Waals surface area contributed by atoms with E-state index < -0.39 is 5.25 Å². The van der Waals surface area contributed by atoms with Crippen LogP contribution in [0, 0.1) is 0 Å². The van der Waals surface area contributed by atoms with Crippen LogP contribution in [0.3, 0.4) is 0 Å². The summed E-state index contributed by atoms with van der Waals surface area (Å²) < 4.78 is 0. The zero-order chi connectivity index (χ0) is 14.7. The van der Waals surface area contributed by atoms with Crippen molar-refractivity contribution in [1.29, 1.82) is 0 Å². The Hall–Kier alpha value is -1.44. The van der Waals surface area contributed by atoms with E-state index >= 15 is 0 Å². The maximum Gasteiger partial charge on any atom is 0.237 e. The fraction of sp³-hybridized carbons (Fsp3) is 0.182. The van der Waals surface area contributed by atoms with Gasteiger partial charge in [-0.15, -0.1) is 5.10 Å². The molecule has 0 aliphatic heterocycles. The summed E-state index contributed by atoms with van der Waals surface area (Å²) in [6, 6.07) is 4.83. The highest BCUT2D eigenvalue weighted by Crippen LogP contribution is 2.24. The molecule has 4 N–H and O–H groups in total. The number of nitrogens with one attached hydrogen (secondary N) is 2. The van der Waals surface area contributed by atoms with Gasteiger partial charge in [-0.2, -0.15) is 4.98 Å². The SMILES string of the molecule is C[C@H](Sc1n[nH]c(N)n1)C(=O)Nc1cc(Cl)cc(Cl)c1. The molecule has 106 valence electrons. The van der Waals surface area contributed by atoms with Crippen molar-refractivity contribution >= 4 is 52.5 Å². The maximum atomic E-state index is 12.0. The molecule has 0 saturated heterocycles. The predicted octanol–water partition coefficient (Wildman–Crippen LogP) is 2.81. The average molecular weight is 332 g/mol. The van der Waals surface area contributed by atoms with E-state index in [1.54, 1.807) is 25.1 Å². The molecule has 1 atom stereocenters. The van der Waals surface area contributed by atoms with E-state index in [0.29, 0.717) is 20.9 Å². The summed E-state index contributed by atoms with van der Waals surface area (Å²) >= 11 is 12.9. The number of rotatable bonds is 4. The zero-order valence-corrected chi connectivity index (χ0v) is 12.7. The molecule has 2 rings (SSSR count). The Morgan fingerprint density at radius 2 is 2.05 bits per heavy atom. The van der Waals surface area contributed by atoms with Crippen LogP contribution in [-0.4, -0.2) is 26.3 Å². The third-order valence-corrected chi connectivity index (χ3v) is 3.66. The van der Waals surface area contributed by atoms with Gasteiger partial charge < -0.3 is 11.1 Å². The van der Waals surface area contributed by atoms with Crippen molar-refractivity contribution in [3.63, 3.8) is 0 Å². The molecule has 0 fully saturated rings. The number of nitrogens with zero attached hydrogens (tertiary/aromatic N) is 2. The number of aromatic amines is 1. The molecule has 1 aromatic carbocycles. The average Bonchev–Trinajstić information content (AvgIpc) is 2.73. The molecule has 0 saturated carbocycles. The fourth-order valence-corrected chi connectivity index (χ4v) is 2.65. The zero-order valence-electron chi connectivity index (χ0n) is 10.4. The lowest BCUT2D eigenvalue weighted by atomic mass is 10.3. The lowest BCUT2D eigenvalue weighted by Gasteiger charge is -2.10. The molecule has 0 unspecified atom stereocenters. The molecule has 2 aromatic rings. The summed E-state index contributed by atoms with van der Waals surface area (Å²) in [5.74, 6) is -0.00145. The highest BCUT2D eigenvalue weighted by Gasteiger charge is 2.17. The van der Waals surface area contributed by atoms with Crippen molar-refractivity contribution in [2.24, 2.45) is 0 Å². The van der Waals surface area contributed by atoms with E-state index in [1.165, 1.54) is 11.8 Å². The molecular weight excluding hydrogens is 321 g/mol. The minimum Gasteiger partial charge on any atom is -0.368 e. The van der Waals surface area contributed by atoms with Gasteiger partial charge >= 0.3 is 0 Å². The van der Waals surface area contributed by atoms with Crippen molar-refractivity contribution in [3.8, 4) is 0 Å². The van der Waals surface area contributed by atoms with Crippen molar-refractivity contribution in [3.05, 3.63) is 28.2 Å². The fourth-order valence-electron chi connectivity index (χ4n) is 1.39. The van der Waals surface area contributed by atoms with E-state index in [1.807, 2.05) is 0 Å². The Morgan fingerprint density at radius 3 is 2.60 bits per heavy atom. The van der Waals surface area contributed by atoms with Gasteiger partial charge in [0.25, 0.3) is 0 Å². The van der Waals surface area contributed by atoms with Gasteiger partial charge in [0, 0.05) is 15.7 Å². The van der Waals surface area contributed by atoms with Gasteiger partial charge in [0.15, 0.2) is 0 Å². The topological polar surface area (TPSA) is 96.7 Å². The molecule has 0 aliphatic rings. The van der Waals surface area contributed by atoms with Gasteiger partial charge in [-0.25, -0.2) is 5.10 Å². The molecule has 20 heavy (non-hydrogen) atoms. The second-order valence-electron chi connectivity index (χ2n) is 3.91. The molecule has 9 heteroatoms. The third-order valence-electron chi connectivity index (χ3n) is 2.26. The molecule has 6 nitrogen and oxygen atoms in total. The quantitative estimate of drug-likeness (QED) is 0.748. The number of halogens is 2. The Kier molecular flexibility index (Phi) is 4.74. The lowest BCUT2D eigenvalue weighted by molar-refractivity contribution is -0.115. The summed E-state index contributed by atoms with van der Waals surface area (Å²) in [6.07, 6.45) is 0. The normalized spacial score (nSPS) is 12.2. The first-order valence-electron chi connectivity index (χ1n) is 5.55. The predicted molar refractivity (Wildman–Crippen MR) is 81.2 cm³/mol. The monoisotopic (exact) mass is 331 g/mol. The minimum atomic E-state index is -0.400. The van der Waals surface area contributed by atoms with Crippen LogP contribution >= 0.6 is 35.0 Å². The Bertz CT molecular complexity index is 613. The summed E-state index contributed by atoms with van der Waals surface area (Å²) in [5, 5.41) is 10.0. The number of nitrogen functional groups attached to an aromatic ring is 1. The van der Waals surface area contributed by atoms with Gasteiger partial charge in [0.05, 0.1) is 5.25 Å². The van der Waals surface area contributed by atoms with Crippen molar-refractivity contribution < 1.29 is 4.79 Å². The van der Waals surface area contributed by atoms with Crippen LogP contribution in [0.1, 0.15) is 6.92 Å². The third kappa shape index (κ3) is 4.03. The van der Waals surface area contributed by atoms with E-state index in [0.717, 1.165) is 0 Å². The number of thioether (sulfide) groups is 1. The van der Waals surface area contributed by atoms with Crippen molar-refractivity contribution in [2.75, 3.05) is 11.1 Å².